The quantitative estimate of drug-likeness (QED) is 0.729. The summed E-state index contributed by atoms with van der Waals surface area (Å²) < 4.78 is 0. The topological polar surface area (TPSA) is 32.3 Å². The maximum absolute atomic E-state index is 12.7. The second-order valence-corrected chi connectivity index (χ2v) is 7.13. The number of hydrogen-bond donors (Lipinski definition) is 1. The Labute approximate surface area is 154 Å². The number of carbonyl (C=O) groups is 1. The van der Waals surface area contributed by atoms with Gasteiger partial charge in [-0.25, -0.2) is 0 Å². The van der Waals surface area contributed by atoms with Gasteiger partial charge in [0, 0.05) is 6.04 Å². The number of benzene rings is 3. The zero-order chi connectivity index (χ0) is 17.9. The lowest BCUT2D eigenvalue weighted by molar-refractivity contribution is -0.122. The van der Waals surface area contributed by atoms with E-state index in [1.54, 1.807) is 0 Å². The molecular formula is C23H24N2O. The fraction of sp³-hybridized carbons (Fsp3) is 0.261. The first-order valence-electron chi connectivity index (χ1n) is 9.24. The fourth-order valence-electron chi connectivity index (χ4n) is 3.57. The summed E-state index contributed by atoms with van der Waals surface area (Å²) in [6, 6.07) is 25.3. The first-order valence-corrected chi connectivity index (χ1v) is 9.24. The molecule has 3 aromatic carbocycles. The van der Waals surface area contributed by atoms with Crippen LogP contribution in [0.2, 0.25) is 0 Å². The van der Waals surface area contributed by atoms with Gasteiger partial charge >= 0.3 is 0 Å². The van der Waals surface area contributed by atoms with Gasteiger partial charge in [-0.15, -0.1) is 0 Å². The van der Waals surface area contributed by atoms with Crippen LogP contribution in [-0.4, -0.2) is 30.4 Å². The van der Waals surface area contributed by atoms with Gasteiger partial charge in [-0.3, -0.25) is 9.69 Å². The Bertz CT molecular complexity index is 897. The molecule has 3 nitrogen and oxygen atoms in total. The van der Waals surface area contributed by atoms with Crippen molar-refractivity contribution in [3.63, 3.8) is 0 Å². The van der Waals surface area contributed by atoms with Crippen molar-refractivity contribution in [2.75, 3.05) is 13.6 Å². The highest BCUT2D eigenvalue weighted by molar-refractivity contribution is 5.87. The number of nitrogens with zero attached hydrogens (tertiary/aromatic N) is 1. The molecule has 1 aliphatic rings. The summed E-state index contributed by atoms with van der Waals surface area (Å²) in [4.78, 5) is 14.9. The molecule has 1 saturated carbocycles. The Morgan fingerprint density at radius 1 is 1.00 bits per heavy atom. The van der Waals surface area contributed by atoms with Crippen LogP contribution in [0, 0.1) is 0 Å². The predicted octanol–water partition coefficient (Wildman–Crippen LogP) is 4.14. The van der Waals surface area contributed by atoms with Gasteiger partial charge in [0.15, 0.2) is 0 Å². The molecule has 1 amide bonds. The van der Waals surface area contributed by atoms with Gasteiger partial charge in [0.1, 0.15) is 0 Å². The predicted molar refractivity (Wildman–Crippen MR) is 106 cm³/mol. The van der Waals surface area contributed by atoms with Crippen LogP contribution >= 0.6 is 0 Å². The lowest BCUT2D eigenvalue weighted by Crippen LogP contribution is -2.38. The molecule has 3 aromatic rings. The van der Waals surface area contributed by atoms with Crippen molar-refractivity contribution in [1.29, 1.82) is 0 Å². The van der Waals surface area contributed by atoms with Gasteiger partial charge in [-0.1, -0.05) is 72.8 Å². The molecule has 0 bridgehead atoms. The van der Waals surface area contributed by atoms with Crippen molar-refractivity contribution in [1.82, 2.24) is 10.2 Å². The maximum atomic E-state index is 12.7. The smallest absolute Gasteiger partial charge is 0.234 e. The Balaban J connectivity index is 1.67. The van der Waals surface area contributed by atoms with E-state index in [2.05, 4.69) is 58.7 Å². The zero-order valence-electron chi connectivity index (χ0n) is 15.1. The molecule has 0 aliphatic heterocycles. The molecule has 1 atom stereocenters. The monoisotopic (exact) mass is 344 g/mol. The van der Waals surface area contributed by atoms with E-state index in [0.29, 0.717) is 12.6 Å². The highest BCUT2D eigenvalue weighted by Crippen LogP contribution is 2.29. The van der Waals surface area contributed by atoms with Crippen molar-refractivity contribution in [2.45, 2.75) is 24.9 Å². The maximum Gasteiger partial charge on any atom is 0.234 e. The highest BCUT2D eigenvalue weighted by Gasteiger charge is 2.28. The summed E-state index contributed by atoms with van der Waals surface area (Å²) in [5.74, 6) is 0.0705. The minimum Gasteiger partial charge on any atom is -0.344 e. The van der Waals surface area contributed by atoms with Crippen LogP contribution in [0.4, 0.5) is 0 Å². The summed E-state index contributed by atoms with van der Waals surface area (Å²) in [6.07, 6.45) is 2.41. The number of fused-ring (bicyclic) bond motifs is 1. The summed E-state index contributed by atoms with van der Waals surface area (Å²) in [6.45, 7) is 0.443. The average molecular weight is 344 g/mol. The molecule has 0 aromatic heterocycles. The minimum absolute atomic E-state index is 0.0705. The van der Waals surface area contributed by atoms with Crippen LogP contribution in [-0.2, 0) is 4.79 Å². The summed E-state index contributed by atoms with van der Waals surface area (Å²) in [5, 5.41) is 5.65. The lowest BCUT2D eigenvalue weighted by atomic mass is 9.93. The fourth-order valence-corrected chi connectivity index (χ4v) is 3.57. The number of hydrogen-bond acceptors (Lipinski definition) is 2. The van der Waals surface area contributed by atoms with Crippen LogP contribution < -0.4 is 5.32 Å². The highest BCUT2D eigenvalue weighted by atomic mass is 16.2. The van der Waals surface area contributed by atoms with Crippen molar-refractivity contribution in [2.24, 2.45) is 0 Å². The Morgan fingerprint density at radius 2 is 1.69 bits per heavy atom. The Hall–Kier alpha value is -2.65. The molecule has 0 saturated heterocycles. The molecule has 0 spiro atoms. The SMILES string of the molecule is CN(CC(=O)NC(c1ccccc1)c1cccc2ccccc12)C1CC1. The number of nitrogens with one attached hydrogen (secondary N) is 1. The standard InChI is InChI=1S/C23H24N2O/c1-25(19-14-15-19)16-22(26)24-23(18-9-3-2-4-10-18)21-13-7-11-17-8-5-6-12-20(17)21/h2-13,19,23H,14-16H2,1H3,(H,24,26). The van der Waals surface area contributed by atoms with E-state index in [1.807, 2.05) is 31.3 Å². The number of rotatable bonds is 6. The Morgan fingerprint density at radius 3 is 2.46 bits per heavy atom. The molecule has 0 heterocycles. The van der Waals surface area contributed by atoms with Gasteiger partial charge in [-0.2, -0.15) is 0 Å². The van der Waals surface area contributed by atoms with Crippen molar-refractivity contribution in [3.05, 3.63) is 83.9 Å². The normalized spacial score (nSPS) is 15.2. The van der Waals surface area contributed by atoms with E-state index in [9.17, 15) is 4.79 Å². The molecule has 1 unspecified atom stereocenters. The van der Waals surface area contributed by atoms with E-state index in [-0.39, 0.29) is 11.9 Å². The second-order valence-electron chi connectivity index (χ2n) is 7.13. The number of likely N-dealkylation sites (N-methyl/N-ethyl adjacent to an activating group) is 1. The van der Waals surface area contributed by atoms with E-state index >= 15 is 0 Å². The van der Waals surface area contributed by atoms with E-state index in [4.69, 9.17) is 0 Å². The minimum atomic E-state index is -0.151. The first kappa shape index (κ1) is 16.8. The first-order chi connectivity index (χ1) is 12.7. The zero-order valence-corrected chi connectivity index (χ0v) is 15.1. The summed E-state index contributed by atoms with van der Waals surface area (Å²) in [5.41, 5.74) is 2.24. The van der Waals surface area contributed by atoms with Crippen LogP contribution in [0.5, 0.6) is 0 Å². The molecule has 0 radical (unpaired) electrons. The third-order valence-electron chi connectivity index (χ3n) is 5.14. The van der Waals surface area contributed by atoms with Crippen LogP contribution in [0.3, 0.4) is 0 Å². The molecular weight excluding hydrogens is 320 g/mol. The molecule has 1 N–H and O–H groups in total. The molecule has 3 heteroatoms. The molecule has 132 valence electrons. The molecule has 26 heavy (non-hydrogen) atoms. The van der Waals surface area contributed by atoms with Crippen molar-refractivity contribution in [3.8, 4) is 0 Å². The van der Waals surface area contributed by atoms with Gasteiger partial charge in [0.2, 0.25) is 5.91 Å². The van der Waals surface area contributed by atoms with Crippen LogP contribution in [0.1, 0.15) is 30.0 Å². The Kier molecular flexibility index (Phi) is 4.72. The van der Waals surface area contributed by atoms with Crippen LogP contribution in [0.25, 0.3) is 10.8 Å². The van der Waals surface area contributed by atoms with Crippen molar-refractivity contribution >= 4 is 16.7 Å². The van der Waals surface area contributed by atoms with Crippen LogP contribution in [0.15, 0.2) is 72.8 Å². The van der Waals surface area contributed by atoms with E-state index in [1.165, 1.54) is 23.6 Å². The number of amides is 1. The van der Waals surface area contributed by atoms with E-state index < -0.39 is 0 Å². The largest absolute Gasteiger partial charge is 0.344 e. The summed E-state index contributed by atoms with van der Waals surface area (Å²) >= 11 is 0. The van der Waals surface area contributed by atoms with Crippen molar-refractivity contribution < 1.29 is 4.79 Å². The molecule has 1 fully saturated rings. The summed E-state index contributed by atoms with van der Waals surface area (Å²) in [7, 11) is 2.03. The molecule has 4 rings (SSSR count). The van der Waals surface area contributed by atoms with E-state index in [0.717, 1.165) is 11.1 Å². The van der Waals surface area contributed by atoms with Gasteiger partial charge < -0.3 is 5.32 Å². The number of carbonyl (C=O) groups excluding carboxylic acids is 1. The second kappa shape index (κ2) is 7.30. The third kappa shape index (κ3) is 3.63. The lowest BCUT2D eigenvalue weighted by Gasteiger charge is -2.23. The van der Waals surface area contributed by atoms with Gasteiger partial charge in [0.25, 0.3) is 0 Å². The van der Waals surface area contributed by atoms with Gasteiger partial charge in [0.05, 0.1) is 12.6 Å². The van der Waals surface area contributed by atoms with Gasteiger partial charge in [-0.05, 0) is 41.8 Å². The molecule has 1 aliphatic carbocycles. The third-order valence-corrected chi connectivity index (χ3v) is 5.14. The average Bonchev–Trinajstić information content (AvgIpc) is 3.52.